The zero-order valence-corrected chi connectivity index (χ0v) is 10.5. The molecule has 4 nitrogen and oxygen atoms in total. The van der Waals surface area contributed by atoms with Gasteiger partial charge in [-0.2, -0.15) is 0 Å². The van der Waals surface area contributed by atoms with Gasteiger partial charge in [-0.3, -0.25) is 0 Å². The average molecular weight is 223 g/mol. The third-order valence-electron chi connectivity index (χ3n) is 2.15. The van der Waals surface area contributed by atoms with Crippen molar-refractivity contribution < 1.29 is 4.74 Å². The molecule has 1 heterocycles. The maximum Gasteiger partial charge on any atom is 0.218 e. The Morgan fingerprint density at radius 1 is 1.31 bits per heavy atom. The Kier molecular flexibility index (Phi) is 5.02. The number of hydrogen-bond acceptors (Lipinski definition) is 4. The van der Waals surface area contributed by atoms with E-state index in [1.807, 2.05) is 13.0 Å². The molecule has 4 heteroatoms. The molecule has 1 unspecified atom stereocenters. The van der Waals surface area contributed by atoms with E-state index in [1.54, 1.807) is 0 Å². The van der Waals surface area contributed by atoms with Crippen LogP contribution in [0.1, 0.15) is 34.1 Å². The molecule has 1 atom stereocenters. The van der Waals surface area contributed by atoms with Crippen LogP contribution in [0.4, 0.5) is 5.82 Å². The van der Waals surface area contributed by atoms with Crippen LogP contribution in [0.15, 0.2) is 12.4 Å². The summed E-state index contributed by atoms with van der Waals surface area (Å²) in [5, 5.41) is 3.34. The van der Waals surface area contributed by atoms with Crippen molar-refractivity contribution in [3.63, 3.8) is 0 Å². The number of rotatable bonds is 6. The number of hydrogen-bond donors (Lipinski definition) is 1. The third kappa shape index (κ3) is 4.47. The highest BCUT2D eigenvalue weighted by Gasteiger charge is 2.06. The minimum Gasteiger partial charge on any atom is -0.478 e. The first-order valence-electron chi connectivity index (χ1n) is 5.83. The minimum atomic E-state index is 0.407. The van der Waals surface area contributed by atoms with Crippen LogP contribution in [0.5, 0.6) is 5.88 Å². The first kappa shape index (κ1) is 12.7. The van der Waals surface area contributed by atoms with Crippen molar-refractivity contribution in [3.8, 4) is 5.88 Å². The lowest BCUT2D eigenvalue weighted by molar-refractivity contribution is 0.326. The highest BCUT2D eigenvalue weighted by atomic mass is 16.5. The maximum atomic E-state index is 5.32. The van der Waals surface area contributed by atoms with E-state index in [0.29, 0.717) is 24.4 Å². The maximum absolute atomic E-state index is 5.32. The molecule has 0 saturated heterocycles. The van der Waals surface area contributed by atoms with Crippen molar-refractivity contribution >= 4 is 5.82 Å². The van der Waals surface area contributed by atoms with Crippen molar-refractivity contribution in [2.24, 2.45) is 5.92 Å². The summed E-state index contributed by atoms with van der Waals surface area (Å²) in [7, 11) is 0. The monoisotopic (exact) mass is 223 g/mol. The van der Waals surface area contributed by atoms with Crippen molar-refractivity contribution in [1.82, 2.24) is 9.97 Å². The molecule has 0 spiro atoms. The molecule has 0 aliphatic rings. The van der Waals surface area contributed by atoms with Crippen LogP contribution in [-0.2, 0) is 0 Å². The predicted octanol–water partition coefficient (Wildman–Crippen LogP) is 2.72. The molecule has 1 aromatic heterocycles. The summed E-state index contributed by atoms with van der Waals surface area (Å²) in [5.41, 5.74) is 0. The average Bonchev–Trinajstić information content (AvgIpc) is 2.17. The molecule has 0 radical (unpaired) electrons. The van der Waals surface area contributed by atoms with Crippen LogP contribution in [-0.4, -0.2) is 22.6 Å². The second kappa shape index (κ2) is 6.30. The largest absolute Gasteiger partial charge is 0.478 e. The fourth-order valence-electron chi connectivity index (χ4n) is 1.66. The van der Waals surface area contributed by atoms with Crippen LogP contribution in [0.3, 0.4) is 0 Å². The summed E-state index contributed by atoms with van der Waals surface area (Å²) < 4.78 is 5.32. The lowest BCUT2D eigenvalue weighted by Crippen LogP contribution is -2.18. The van der Waals surface area contributed by atoms with E-state index in [4.69, 9.17) is 4.74 Å². The van der Waals surface area contributed by atoms with Crippen LogP contribution in [0.25, 0.3) is 0 Å². The van der Waals surface area contributed by atoms with Gasteiger partial charge >= 0.3 is 0 Å². The van der Waals surface area contributed by atoms with E-state index < -0.39 is 0 Å². The van der Waals surface area contributed by atoms with Crippen molar-refractivity contribution in [2.45, 2.75) is 40.2 Å². The van der Waals surface area contributed by atoms with E-state index in [1.165, 1.54) is 6.33 Å². The Bertz CT molecular complexity index is 315. The Labute approximate surface area is 97.5 Å². The minimum absolute atomic E-state index is 0.407. The summed E-state index contributed by atoms with van der Waals surface area (Å²) in [5.74, 6) is 2.12. The van der Waals surface area contributed by atoms with Gasteiger partial charge in [-0.1, -0.05) is 13.8 Å². The number of aromatic nitrogens is 2. The van der Waals surface area contributed by atoms with Crippen LogP contribution in [0.2, 0.25) is 0 Å². The van der Waals surface area contributed by atoms with Gasteiger partial charge < -0.3 is 10.1 Å². The zero-order valence-electron chi connectivity index (χ0n) is 10.5. The molecule has 0 aromatic carbocycles. The summed E-state index contributed by atoms with van der Waals surface area (Å²) in [6, 6.07) is 2.24. The van der Waals surface area contributed by atoms with Crippen LogP contribution in [0, 0.1) is 5.92 Å². The van der Waals surface area contributed by atoms with Crippen molar-refractivity contribution in [2.75, 3.05) is 11.9 Å². The quantitative estimate of drug-likeness (QED) is 0.805. The second-order valence-corrected chi connectivity index (χ2v) is 4.35. The molecular weight excluding hydrogens is 202 g/mol. The SMILES string of the molecule is CCOc1cc(NC(C)CC(C)C)ncn1. The first-order valence-corrected chi connectivity index (χ1v) is 5.83. The van der Waals surface area contributed by atoms with E-state index in [2.05, 4.69) is 36.1 Å². The third-order valence-corrected chi connectivity index (χ3v) is 2.15. The molecule has 0 amide bonds. The predicted molar refractivity (Wildman–Crippen MR) is 65.7 cm³/mol. The standard InChI is InChI=1S/C12H21N3O/c1-5-16-12-7-11(13-8-14-12)15-10(4)6-9(2)3/h7-10H,5-6H2,1-4H3,(H,13,14,15). The van der Waals surface area contributed by atoms with Gasteiger partial charge in [0.25, 0.3) is 0 Å². The number of anilines is 1. The molecule has 90 valence electrons. The van der Waals surface area contributed by atoms with Gasteiger partial charge in [0.05, 0.1) is 6.61 Å². The molecule has 0 aliphatic heterocycles. The summed E-state index contributed by atoms with van der Waals surface area (Å²) in [6.07, 6.45) is 2.64. The topological polar surface area (TPSA) is 47.0 Å². The van der Waals surface area contributed by atoms with Gasteiger partial charge in [0, 0.05) is 12.1 Å². The molecule has 0 fully saturated rings. The molecule has 0 saturated carbocycles. The molecular formula is C12H21N3O. The Hall–Kier alpha value is -1.32. The molecule has 1 aromatic rings. The Morgan fingerprint density at radius 3 is 2.69 bits per heavy atom. The number of nitrogens with one attached hydrogen (secondary N) is 1. The highest BCUT2D eigenvalue weighted by molar-refractivity contribution is 5.37. The Balaban J connectivity index is 2.55. The fourth-order valence-corrected chi connectivity index (χ4v) is 1.66. The molecule has 1 rings (SSSR count). The van der Waals surface area contributed by atoms with E-state index in [9.17, 15) is 0 Å². The van der Waals surface area contributed by atoms with E-state index >= 15 is 0 Å². The zero-order chi connectivity index (χ0) is 12.0. The van der Waals surface area contributed by atoms with Gasteiger partial charge in [0.2, 0.25) is 5.88 Å². The van der Waals surface area contributed by atoms with Crippen LogP contribution < -0.4 is 10.1 Å². The van der Waals surface area contributed by atoms with Gasteiger partial charge in [-0.05, 0) is 26.2 Å². The molecule has 0 bridgehead atoms. The fraction of sp³-hybridized carbons (Fsp3) is 0.667. The van der Waals surface area contributed by atoms with Gasteiger partial charge in [-0.25, -0.2) is 9.97 Å². The highest BCUT2D eigenvalue weighted by Crippen LogP contribution is 2.14. The smallest absolute Gasteiger partial charge is 0.218 e. The van der Waals surface area contributed by atoms with Crippen molar-refractivity contribution in [3.05, 3.63) is 12.4 Å². The summed E-state index contributed by atoms with van der Waals surface area (Å²) in [4.78, 5) is 8.19. The van der Waals surface area contributed by atoms with Gasteiger partial charge in [0.1, 0.15) is 12.1 Å². The second-order valence-electron chi connectivity index (χ2n) is 4.35. The number of ether oxygens (including phenoxy) is 1. The van der Waals surface area contributed by atoms with Crippen LogP contribution >= 0.6 is 0 Å². The summed E-state index contributed by atoms with van der Waals surface area (Å²) in [6.45, 7) is 9.14. The lowest BCUT2D eigenvalue weighted by Gasteiger charge is -2.16. The summed E-state index contributed by atoms with van der Waals surface area (Å²) >= 11 is 0. The molecule has 1 N–H and O–H groups in total. The Morgan fingerprint density at radius 2 is 2.06 bits per heavy atom. The molecule has 16 heavy (non-hydrogen) atoms. The number of nitrogens with zero attached hydrogens (tertiary/aromatic N) is 2. The first-order chi connectivity index (χ1) is 7.61. The van der Waals surface area contributed by atoms with Crippen molar-refractivity contribution in [1.29, 1.82) is 0 Å². The molecule has 0 aliphatic carbocycles. The van der Waals surface area contributed by atoms with E-state index in [0.717, 1.165) is 12.2 Å². The normalized spacial score (nSPS) is 12.6. The van der Waals surface area contributed by atoms with Gasteiger partial charge in [-0.15, -0.1) is 0 Å². The van der Waals surface area contributed by atoms with Gasteiger partial charge in [0.15, 0.2) is 0 Å². The lowest BCUT2D eigenvalue weighted by atomic mass is 10.1. The van der Waals surface area contributed by atoms with E-state index in [-0.39, 0.29) is 0 Å².